The molecule has 0 saturated heterocycles. The Morgan fingerprint density at radius 2 is 2.08 bits per heavy atom. The largest absolute Gasteiger partial charge is 0.360 e. The molecule has 2 aromatic heterocycles. The number of aromatic nitrogens is 3. The summed E-state index contributed by atoms with van der Waals surface area (Å²) in [6.45, 7) is 7.29. The lowest BCUT2D eigenvalue weighted by atomic mass is 9.93. The second-order valence-electron chi connectivity index (χ2n) is 8.29. The van der Waals surface area contributed by atoms with Gasteiger partial charge in [0.15, 0.2) is 5.69 Å². The van der Waals surface area contributed by atoms with Crippen molar-refractivity contribution in [3.63, 3.8) is 0 Å². The lowest BCUT2D eigenvalue weighted by Crippen LogP contribution is -2.41. The molecule has 1 aliphatic heterocycles. The number of amides is 1. The molecule has 1 amide bonds. The fourth-order valence-electron chi connectivity index (χ4n) is 3.74. The normalized spacial score (nSPS) is 20.0. The molecule has 3 heterocycles. The fraction of sp³-hybridized carbons (Fsp3) is 0.632. The van der Waals surface area contributed by atoms with Crippen LogP contribution in [0, 0.1) is 0 Å². The SMILES string of the molecule is CC(C)(C)c1cn2c(n1)CC[C@H](NC(=O)c1noc3c1CCCC3)C2. The molecule has 6 heteroatoms. The molecule has 1 atom stereocenters. The highest BCUT2D eigenvalue weighted by Crippen LogP contribution is 2.26. The molecule has 0 aromatic carbocycles. The van der Waals surface area contributed by atoms with Gasteiger partial charge in [-0.25, -0.2) is 4.98 Å². The number of imidazole rings is 1. The highest BCUT2D eigenvalue weighted by Gasteiger charge is 2.28. The highest BCUT2D eigenvalue weighted by molar-refractivity contribution is 5.94. The third-order valence-electron chi connectivity index (χ3n) is 5.26. The molecule has 134 valence electrons. The fourth-order valence-corrected chi connectivity index (χ4v) is 3.74. The van der Waals surface area contributed by atoms with Gasteiger partial charge < -0.3 is 14.4 Å². The number of aryl methyl sites for hydroxylation is 2. The molecular formula is C19H26N4O2. The van der Waals surface area contributed by atoms with E-state index in [1.165, 1.54) is 0 Å². The zero-order valence-electron chi connectivity index (χ0n) is 15.3. The molecule has 6 nitrogen and oxygen atoms in total. The molecular weight excluding hydrogens is 316 g/mol. The van der Waals surface area contributed by atoms with E-state index in [0.717, 1.165) is 67.9 Å². The van der Waals surface area contributed by atoms with Crippen molar-refractivity contribution >= 4 is 5.91 Å². The van der Waals surface area contributed by atoms with Crippen LogP contribution >= 0.6 is 0 Å². The number of hydrogen-bond acceptors (Lipinski definition) is 4. The van der Waals surface area contributed by atoms with E-state index in [-0.39, 0.29) is 17.4 Å². The van der Waals surface area contributed by atoms with E-state index in [9.17, 15) is 4.79 Å². The Balaban J connectivity index is 1.46. The van der Waals surface area contributed by atoms with Gasteiger partial charge in [0, 0.05) is 42.6 Å². The summed E-state index contributed by atoms with van der Waals surface area (Å²) in [5, 5.41) is 7.19. The molecule has 0 spiro atoms. The Labute approximate surface area is 148 Å². The van der Waals surface area contributed by atoms with Crippen molar-refractivity contribution in [3.8, 4) is 0 Å². The monoisotopic (exact) mass is 342 g/mol. The molecule has 0 saturated carbocycles. The Kier molecular flexibility index (Phi) is 3.93. The first-order valence-corrected chi connectivity index (χ1v) is 9.26. The Hall–Kier alpha value is -2.11. The van der Waals surface area contributed by atoms with Gasteiger partial charge in [-0.05, 0) is 25.7 Å². The van der Waals surface area contributed by atoms with Gasteiger partial charge in [0.1, 0.15) is 11.6 Å². The first-order valence-electron chi connectivity index (χ1n) is 9.26. The summed E-state index contributed by atoms with van der Waals surface area (Å²) in [6, 6.07) is 0.109. The van der Waals surface area contributed by atoms with Crippen molar-refractivity contribution < 1.29 is 9.32 Å². The average molecular weight is 342 g/mol. The van der Waals surface area contributed by atoms with E-state index < -0.39 is 0 Å². The van der Waals surface area contributed by atoms with Crippen molar-refractivity contribution in [2.24, 2.45) is 0 Å². The molecule has 0 radical (unpaired) electrons. The lowest BCUT2D eigenvalue weighted by molar-refractivity contribution is 0.0917. The maximum absolute atomic E-state index is 12.7. The topological polar surface area (TPSA) is 73.0 Å². The summed E-state index contributed by atoms with van der Waals surface area (Å²) in [5.74, 6) is 1.91. The summed E-state index contributed by atoms with van der Waals surface area (Å²) in [7, 11) is 0. The Bertz CT molecular complexity index is 797. The number of nitrogens with one attached hydrogen (secondary N) is 1. The van der Waals surface area contributed by atoms with E-state index in [0.29, 0.717) is 5.69 Å². The second-order valence-corrected chi connectivity index (χ2v) is 8.29. The van der Waals surface area contributed by atoms with Gasteiger partial charge in [-0.15, -0.1) is 0 Å². The summed E-state index contributed by atoms with van der Waals surface area (Å²) >= 11 is 0. The molecule has 0 fully saturated rings. The van der Waals surface area contributed by atoms with Crippen LogP contribution in [-0.2, 0) is 31.2 Å². The maximum Gasteiger partial charge on any atom is 0.274 e. The minimum Gasteiger partial charge on any atom is -0.360 e. The molecule has 25 heavy (non-hydrogen) atoms. The minimum absolute atomic E-state index is 0.0445. The van der Waals surface area contributed by atoms with Gasteiger partial charge >= 0.3 is 0 Å². The number of carbonyl (C=O) groups is 1. The van der Waals surface area contributed by atoms with Crippen LogP contribution in [0.3, 0.4) is 0 Å². The summed E-state index contributed by atoms with van der Waals surface area (Å²) < 4.78 is 7.56. The Morgan fingerprint density at radius 3 is 2.88 bits per heavy atom. The van der Waals surface area contributed by atoms with E-state index in [4.69, 9.17) is 9.51 Å². The van der Waals surface area contributed by atoms with Crippen molar-refractivity contribution in [1.29, 1.82) is 0 Å². The number of nitrogens with zero attached hydrogens (tertiary/aromatic N) is 3. The van der Waals surface area contributed by atoms with Gasteiger partial charge in [-0.1, -0.05) is 25.9 Å². The zero-order valence-corrected chi connectivity index (χ0v) is 15.3. The van der Waals surface area contributed by atoms with Gasteiger partial charge in [0.25, 0.3) is 5.91 Å². The third kappa shape index (κ3) is 3.10. The van der Waals surface area contributed by atoms with Crippen molar-refractivity contribution in [2.45, 2.75) is 77.3 Å². The van der Waals surface area contributed by atoms with E-state index in [1.54, 1.807) is 0 Å². The molecule has 0 unspecified atom stereocenters. The van der Waals surface area contributed by atoms with Gasteiger partial charge in [-0.2, -0.15) is 0 Å². The minimum atomic E-state index is -0.100. The van der Waals surface area contributed by atoms with Crippen LogP contribution in [0.1, 0.15) is 73.4 Å². The van der Waals surface area contributed by atoms with Crippen LogP contribution in [0.15, 0.2) is 10.7 Å². The first kappa shape index (κ1) is 16.4. The van der Waals surface area contributed by atoms with Crippen molar-refractivity contribution in [1.82, 2.24) is 20.0 Å². The smallest absolute Gasteiger partial charge is 0.274 e. The lowest BCUT2D eigenvalue weighted by Gasteiger charge is -2.24. The van der Waals surface area contributed by atoms with Gasteiger partial charge in [0.2, 0.25) is 0 Å². The number of rotatable bonds is 2. The second kappa shape index (κ2) is 6.00. The van der Waals surface area contributed by atoms with Crippen LogP contribution < -0.4 is 5.32 Å². The summed E-state index contributed by atoms with van der Waals surface area (Å²) in [5.41, 5.74) is 2.66. The number of carbonyl (C=O) groups excluding carboxylic acids is 1. The zero-order chi connectivity index (χ0) is 17.6. The van der Waals surface area contributed by atoms with Gasteiger partial charge in [-0.3, -0.25) is 4.79 Å². The van der Waals surface area contributed by atoms with Crippen LogP contribution in [0.25, 0.3) is 0 Å². The number of hydrogen-bond donors (Lipinski definition) is 1. The quantitative estimate of drug-likeness (QED) is 0.911. The molecule has 2 aromatic rings. The molecule has 2 aliphatic rings. The van der Waals surface area contributed by atoms with Crippen LogP contribution in [0.2, 0.25) is 0 Å². The van der Waals surface area contributed by atoms with Crippen LogP contribution in [0.4, 0.5) is 0 Å². The van der Waals surface area contributed by atoms with E-state index >= 15 is 0 Å². The third-order valence-corrected chi connectivity index (χ3v) is 5.26. The summed E-state index contributed by atoms with van der Waals surface area (Å²) in [4.78, 5) is 17.4. The summed E-state index contributed by atoms with van der Waals surface area (Å²) in [6.07, 6.45) is 7.94. The first-order chi connectivity index (χ1) is 11.9. The molecule has 4 rings (SSSR count). The number of fused-ring (bicyclic) bond motifs is 2. The van der Waals surface area contributed by atoms with Crippen molar-refractivity contribution in [3.05, 3.63) is 34.7 Å². The van der Waals surface area contributed by atoms with Crippen LogP contribution in [-0.4, -0.2) is 26.7 Å². The van der Waals surface area contributed by atoms with Crippen molar-refractivity contribution in [2.75, 3.05) is 0 Å². The maximum atomic E-state index is 12.7. The molecule has 1 N–H and O–H groups in total. The Morgan fingerprint density at radius 1 is 1.28 bits per heavy atom. The van der Waals surface area contributed by atoms with E-state index in [2.05, 4.69) is 42.0 Å². The standard InChI is InChI=1S/C19H26N4O2/c1-19(2,3)15-11-23-10-12(8-9-16(23)21-15)20-18(24)17-13-6-4-5-7-14(13)25-22-17/h11-12H,4-10H2,1-3H3,(H,20,24)/t12-/m0/s1. The van der Waals surface area contributed by atoms with Crippen LogP contribution in [0.5, 0.6) is 0 Å². The molecule has 0 bridgehead atoms. The average Bonchev–Trinajstić information content (AvgIpc) is 3.18. The van der Waals surface area contributed by atoms with E-state index in [1.807, 2.05) is 0 Å². The predicted octanol–water partition coefficient (Wildman–Crippen LogP) is 2.79. The van der Waals surface area contributed by atoms with Gasteiger partial charge in [0.05, 0.1) is 5.69 Å². The highest BCUT2D eigenvalue weighted by atomic mass is 16.5. The molecule has 1 aliphatic carbocycles. The predicted molar refractivity (Wildman–Crippen MR) is 93.6 cm³/mol.